The molecule has 2 heterocycles. The van der Waals surface area contributed by atoms with Gasteiger partial charge in [-0.1, -0.05) is 17.3 Å². The van der Waals surface area contributed by atoms with Crippen LogP contribution in [0.1, 0.15) is 17.0 Å². The van der Waals surface area contributed by atoms with Crippen molar-refractivity contribution in [3.8, 4) is 16.8 Å². The molecule has 4 rings (SSSR count). The van der Waals surface area contributed by atoms with Gasteiger partial charge in [-0.25, -0.2) is 0 Å². The van der Waals surface area contributed by atoms with Crippen LogP contribution in [0.25, 0.3) is 16.8 Å². The molecule has 0 aliphatic rings. The van der Waals surface area contributed by atoms with Crippen LogP contribution in [-0.4, -0.2) is 19.9 Å². The first-order chi connectivity index (χ1) is 12.6. The van der Waals surface area contributed by atoms with Crippen molar-refractivity contribution in [2.45, 2.75) is 20.8 Å². The maximum absolute atomic E-state index is 5.30. The van der Waals surface area contributed by atoms with E-state index >= 15 is 0 Å². The van der Waals surface area contributed by atoms with Gasteiger partial charge in [-0.05, 0) is 62.2 Å². The third kappa shape index (κ3) is 2.97. The fourth-order valence-electron chi connectivity index (χ4n) is 3.01. The molecule has 1 N–H and O–H groups in total. The zero-order chi connectivity index (χ0) is 18.1. The molecule has 6 heteroatoms. The molecule has 26 heavy (non-hydrogen) atoms. The zero-order valence-corrected chi connectivity index (χ0v) is 14.9. The Morgan fingerprint density at radius 3 is 2.31 bits per heavy atom. The monoisotopic (exact) mass is 345 g/mol. The number of anilines is 2. The molecule has 2 aromatic heterocycles. The van der Waals surface area contributed by atoms with Crippen molar-refractivity contribution in [2.75, 3.05) is 5.32 Å². The molecule has 0 saturated heterocycles. The second-order valence-corrected chi connectivity index (χ2v) is 6.27. The van der Waals surface area contributed by atoms with Gasteiger partial charge in [-0.3, -0.25) is 4.57 Å². The van der Waals surface area contributed by atoms with E-state index in [0.717, 1.165) is 39.6 Å². The van der Waals surface area contributed by atoms with Gasteiger partial charge in [0.1, 0.15) is 18.4 Å². The normalized spacial score (nSPS) is 10.9. The first kappa shape index (κ1) is 16.1. The van der Waals surface area contributed by atoms with Crippen molar-refractivity contribution in [1.29, 1.82) is 0 Å². The number of aromatic nitrogens is 4. The highest BCUT2D eigenvalue weighted by Crippen LogP contribution is 2.31. The molecule has 0 unspecified atom stereocenters. The van der Waals surface area contributed by atoms with Gasteiger partial charge in [0.2, 0.25) is 0 Å². The van der Waals surface area contributed by atoms with Crippen LogP contribution < -0.4 is 5.32 Å². The molecule has 0 fully saturated rings. The summed E-state index contributed by atoms with van der Waals surface area (Å²) in [6.45, 7) is 5.99. The minimum atomic E-state index is 0.829. The Morgan fingerprint density at radius 2 is 1.65 bits per heavy atom. The summed E-state index contributed by atoms with van der Waals surface area (Å²) in [6.07, 6.45) is 3.36. The zero-order valence-electron chi connectivity index (χ0n) is 14.9. The van der Waals surface area contributed by atoms with E-state index in [0.29, 0.717) is 0 Å². The fourth-order valence-corrected chi connectivity index (χ4v) is 3.01. The number of benzene rings is 2. The van der Waals surface area contributed by atoms with Crippen LogP contribution >= 0.6 is 0 Å². The van der Waals surface area contributed by atoms with Crippen molar-refractivity contribution in [1.82, 2.24) is 19.9 Å². The van der Waals surface area contributed by atoms with Gasteiger partial charge in [0.25, 0.3) is 0 Å². The molecule has 0 saturated carbocycles. The molecule has 130 valence electrons. The summed E-state index contributed by atoms with van der Waals surface area (Å²) >= 11 is 0. The first-order valence-electron chi connectivity index (χ1n) is 8.38. The Labute approximate surface area is 151 Å². The molecule has 4 aromatic rings. The average Bonchev–Trinajstić information content (AvgIpc) is 3.28. The molecule has 0 amide bonds. The van der Waals surface area contributed by atoms with E-state index in [4.69, 9.17) is 4.52 Å². The van der Waals surface area contributed by atoms with Crippen LogP contribution in [0.2, 0.25) is 0 Å². The molecular formula is C20H19N5O. The molecule has 0 aliphatic heterocycles. The van der Waals surface area contributed by atoms with Crippen molar-refractivity contribution in [2.24, 2.45) is 0 Å². The van der Waals surface area contributed by atoms with E-state index in [-0.39, 0.29) is 0 Å². The molecule has 0 radical (unpaired) electrons. The Hall–Kier alpha value is -3.41. The van der Waals surface area contributed by atoms with Gasteiger partial charge in [-0.15, -0.1) is 10.2 Å². The minimum Gasteiger partial charge on any atom is -0.361 e. The highest BCUT2D eigenvalue weighted by Gasteiger charge is 2.12. The summed E-state index contributed by atoms with van der Waals surface area (Å²) in [7, 11) is 0. The second-order valence-electron chi connectivity index (χ2n) is 6.27. The summed E-state index contributed by atoms with van der Waals surface area (Å²) in [4.78, 5) is 0. The summed E-state index contributed by atoms with van der Waals surface area (Å²) in [6, 6.07) is 14.5. The van der Waals surface area contributed by atoms with Crippen LogP contribution in [0.15, 0.2) is 59.6 Å². The van der Waals surface area contributed by atoms with Gasteiger partial charge in [-0.2, -0.15) is 0 Å². The Balaban J connectivity index is 1.63. The van der Waals surface area contributed by atoms with Crippen LogP contribution in [0.4, 0.5) is 11.4 Å². The van der Waals surface area contributed by atoms with Crippen molar-refractivity contribution in [3.63, 3.8) is 0 Å². The molecule has 0 aliphatic carbocycles. The Kier molecular flexibility index (Phi) is 4.01. The van der Waals surface area contributed by atoms with E-state index in [1.54, 1.807) is 12.7 Å². The molecule has 6 nitrogen and oxygen atoms in total. The lowest BCUT2D eigenvalue weighted by atomic mass is 10.0. The molecule has 0 atom stereocenters. The number of aryl methyl sites for hydroxylation is 3. The van der Waals surface area contributed by atoms with Gasteiger partial charge in [0.15, 0.2) is 0 Å². The summed E-state index contributed by atoms with van der Waals surface area (Å²) < 4.78 is 7.17. The first-order valence-corrected chi connectivity index (χ1v) is 8.38. The highest BCUT2D eigenvalue weighted by molar-refractivity contribution is 5.75. The summed E-state index contributed by atoms with van der Waals surface area (Å²) in [5.74, 6) is 0.829. The lowest BCUT2D eigenvalue weighted by Crippen LogP contribution is -1.95. The largest absolute Gasteiger partial charge is 0.361 e. The van der Waals surface area contributed by atoms with Crippen LogP contribution in [0.3, 0.4) is 0 Å². The van der Waals surface area contributed by atoms with Crippen LogP contribution in [0.5, 0.6) is 0 Å². The third-order valence-electron chi connectivity index (χ3n) is 4.42. The lowest BCUT2D eigenvalue weighted by molar-refractivity contribution is 0.393. The smallest absolute Gasteiger partial charge is 0.141 e. The second kappa shape index (κ2) is 6.48. The van der Waals surface area contributed by atoms with Crippen molar-refractivity contribution >= 4 is 11.4 Å². The number of nitrogens with zero attached hydrogens (tertiary/aromatic N) is 4. The van der Waals surface area contributed by atoms with E-state index in [1.165, 1.54) is 5.56 Å². The Bertz CT molecular complexity index is 1010. The highest BCUT2D eigenvalue weighted by atomic mass is 16.5. The number of hydrogen-bond acceptors (Lipinski definition) is 5. The average molecular weight is 345 g/mol. The molecule has 2 aromatic carbocycles. The van der Waals surface area contributed by atoms with Gasteiger partial charge in [0, 0.05) is 22.6 Å². The number of rotatable bonds is 4. The summed E-state index contributed by atoms with van der Waals surface area (Å²) in [5, 5.41) is 15.2. The van der Waals surface area contributed by atoms with E-state index < -0.39 is 0 Å². The van der Waals surface area contributed by atoms with Crippen LogP contribution in [-0.2, 0) is 0 Å². The maximum Gasteiger partial charge on any atom is 0.141 e. The number of nitrogens with one attached hydrogen (secondary N) is 1. The number of hydrogen-bond donors (Lipinski definition) is 1. The van der Waals surface area contributed by atoms with Crippen molar-refractivity contribution < 1.29 is 4.52 Å². The summed E-state index contributed by atoms with van der Waals surface area (Å²) in [5.41, 5.74) is 7.30. The minimum absolute atomic E-state index is 0.829. The predicted molar refractivity (Wildman–Crippen MR) is 101 cm³/mol. The van der Waals surface area contributed by atoms with Crippen LogP contribution in [0, 0.1) is 20.8 Å². The molecule has 0 bridgehead atoms. The van der Waals surface area contributed by atoms with Gasteiger partial charge in [0.05, 0.1) is 5.69 Å². The van der Waals surface area contributed by atoms with E-state index in [9.17, 15) is 0 Å². The topological polar surface area (TPSA) is 68.8 Å². The standard InChI is InChI=1S/C20H19N5O/c1-13-4-5-16(20-14(2)24-26-15(20)3)10-19(13)23-17-6-8-18(9-7-17)25-11-21-22-12-25/h4-12,23H,1-3H3. The van der Waals surface area contributed by atoms with E-state index in [1.807, 2.05) is 42.7 Å². The van der Waals surface area contributed by atoms with E-state index in [2.05, 4.69) is 45.8 Å². The fraction of sp³-hybridized carbons (Fsp3) is 0.150. The quantitative estimate of drug-likeness (QED) is 0.586. The van der Waals surface area contributed by atoms with Gasteiger partial charge >= 0.3 is 0 Å². The molecule has 0 spiro atoms. The third-order valence-corrected chi connectivity index (χ3v) is 4.42. The predicted octanol–water partition coefficient (Wildman–Crippen LogP) is 4.59. The van der Waals surface area contributed by atoms with Gasteiger partial charge < -0.3 is 9.84 Å². The lowest BCUT2D eigenvalue weighted by Gasteiger charge is -2.12. The maximum atomic E-state index is 5.30. The Morgan fingerprint density at radius 1 is 0.923 bits per heavy atom. The molecular weight excluding hydrogens is 326 g/mol. The SMILES string of the molecule is Cc1ccc(-c2c(C)noc2C)cc1Nc1ccc(-n2cnnc2)cc1. The van der Waals surface area contributed by atoms with Crippen molar-refractivity contribution in [3.05, 3.63) is 72.1 Å².